The standard InChI is InChI=1S/C20H20Cl2N2O3/c1-12-15(22)5-3-6-16(12)23-19(25)17-7-4-10-24(17)20(26)14-11-13(21)8-9-18(14)27-2/h3,5-6,8-9,11,17H,4,7,10H2,1-2H3,(H,23,25)/t17-/m0/s1. The van der Waals surface area contributed by atoms with E-state index >= 15 is 0 Å². The molecule has 0 saturated carbocycles. The molecule has 2 amide bonds. The second-order valence-electron chi connectivity index (χ2n) is 6.40. The summed E-state index contributed by atoms with van der Waals surface area (Å²) in [6.07, 6.45) is 1.35. The van der Waals surface area contributed by atoms with E-state index in [1.165, 1.54) is 7.11 Å². The predicted molar refractivity (Wildman–Crippen MR) is 107 cm³/mol. The maximum absolute atomic E-state index is 13.1. The Labute approximate surface area is 168 Å². The Kier molecular flexibility index (Phi) is 5.92. The molecule has 0 aliphatic carbocycles. The molecule has 7 heteroatoms. The molecular weight excluding hydrogens is 387 g/mol. The van der Waals surface area contributed by atoms with Crippen LogP contribution in [0.3, 0.4) is 0 Å². The molecule has 2 aromatic carbocycles. The summed E-state index contributed by atoms with van der Waals surface area (Å²) in [5.74, 6) is -0.0665. The summed E-state index contributed by atoms with van der Waals surface area (Å²) in [5.41, 5.74) is 1.79. The van der Waals surface area contributed by atoms with Crippen molar-refractivity contribution in [1.29, 1.82) is 0 Å². The van der Waals surface area contributed by atoms with E-state index in [2.05, 4.69) is 5.32 Å². The number of halogens is 2. The molecule has 0 bridgehead atoms. The monoisotopic (exact) mass is 406 g/mol. The van der Waals surface area contributed by atoms with Crippen molar-refractivity contribution in [2.45, 2.75) is 25.8 Å². The minimum Gasteiger partial charge on any atom is -0.496 e. The van der Waals surface area contributed by atoms with Crippen molar-refractivity contribution in [3.05, 3.63) is 57.6 Å². The van der Waals surface area contributed by atoms with Gasteiger partial charge in [0.2, 0.25) is 5.91 Å². The summed E-state index contributed by atoms with van der Waals surface area (Å²) in [6, 6.07) is 9.66. The van der Waals surface area contributed by atoms with Crippen molar-refractivity contribution in [3.8, 4) is 5.75 Å². The molecule has 3 rings (SSSR count). The Balaban J connectivity index is 1.83. The minimum absolute atomic E-state index is 0.229. The fraction of sp³-hybridized carbons (Fsp3) is 0.300. The molecule has 5 nitrogen and oxygen atoms in total. The third-order valence-corrected chi connectivity index (χ3v) is 5.38. The summed E-state index contributed by atoms with van der Waals surface area (Å²) in [7, 11) is 1.50. The van der Waals surface area contributed by atoms with E-state index in [0.717, 1.165) is 12.0 Å². The van der Waals surface area contributed by atoms with Crippen molar-refractivity contribution in [2.24, 2.45) is 0 Å². The van der Waals surface area contributed by atoms with E-state index in [4.69, 9.17) is 27.9 Å². The molecule has 1 N–H and O–H groups in total. The number of ether oxygens (including phenoxy) is 1. The molecule has 1 saturated heterocycles. The molecule has 0 radical (unpaired) electrons. The van der Waals surface area contributed by atoms with Gasteiger partial charge in [-0.1, -0.05) is 29.3 Å². The number of nitrogens with one attached hydrogen (secondary N) is 1. The number of likely N-dealkylation sites (tertiary alicyclic amines) is 1. The number of carbonyl (C=O) groups excluding carboxylic acids is 2. The number of anilines is 1. The van der Waals surface area contributed by atoms with E-state index < -0.39 is 6.04 Å². The van der Waals surface area contributed by atoms with Gasteiger partial charge in [-0.25, -0.2) is 0 Å². The molecule has 1 heterocycles. The lowest BCUT2D eigenvalue weighted by atomic mass is 10.1. The lowest BCUT2D eigenvalue weighted by Crippen LogP contribution is -2.43. The highest BCUT2D eigenvalue weighted by molar-refractivity contribution is 6.32. The van der Waals surface area contributed by atoms with Crippen LogP contribution < -0.4 is 10.1 Å². The number of methoxy groups -OCH3 is 1. The van der Waals surface area contributed by atoms with Crippen LogP contribution in [0.1, 0.15) is 28.8 Å². The van der Waals surface area contributed by atoms with Gasteiger partial charge in [-0.05, 0) is 55.7 Å². The number of amides is 2. The second-order valence-corrected chi connectivity index (χ2v) is 7.25. The van der Waals surface area contributed by atoms with Crippen LogP contribution in [-0.2, 0) is 4.79 Å². The first-order valence-corrected chi connectivity index (χ1v) is 9.38. The first-order valence-electron chi connectivity index (χ1n) is 8.63. The van der Waals surface area contributed by atoms with Gasteiger partial charge in [-0.2, -0.15) is 0 Å². The highest BCUT2D eigenvalue weighted by Crippen LogP contribution is 2.29. The summed E-state index contributed by atoms with van der Waals surface area (Å²) < 4.78 is 5.28. The van der Waals surface area contributed by atoms with Gasteiger partial charge in [0.15, 0.2) is 0 Å². The lowest BCUT2D eigenvalue weighted by Gasteiger charge is -2.25. The van der Waals surface area contributed by atoms with Crippen LogP contribution >= 0.6 is 23.2 Å². The van der Waals surface area contributed by atoms with Gasteiger partial charge in [0.1, 0.15) is 11.8 Å². The molecule has 27 heavy (non-hydrogen) atoms. The topological polar surface area (TPSA) is 58.6 Å². The number of benzene rings is 2. The van der Waals surface area contributed by atoms with E-state index in [-0.39, 0.29) is 11.8 Å². The maximum Gasteiger partial charge on any atom is 0.258 e. The zero-order valence-electron chi connectivity index (χ0n) is 15.1. The van der Waals surface area contributed by atoms with Crippen LogP contribution in [0.15, 0.2) is 36.4 Å². The van der Waals surface area contributed by atoms with Crippen molar-refractivity contribution in [1.82, 2.24) is 4.90 Å². The van der Waals surface area contributed by atoms with E-state index in [9.17, 15) is 9.59 Å². The summed E-state index contributed by atoms with van der Waals surface area (Å²) in [4.78, 5) is 27.5. The first kappa shape index (κ1) is 19.5. The summed E-state index contributed by atoms with van der Waals surface area (Å²) in [5, 5.41) is 3.91. The van der Waals surface area contributed by atoms with Crippen LogP contribution in [0.5, 0.6) is 5.75 Å². The molecular formula is C20H20Cl2N2O3. The number of nitrogens with zero attached hydrogens (tertiary/aromatic N) is 1. The third-order valence-electron chi connectivity index (χ3n) is 4.73. The number of hydrogen-bond acceptors (Lipinski definition) is 3. The molecule has 1 aliphatic rings. The highest BCUT2D eigenvalue weighted by Gasteiger charge is 2.35. The van der Waals surface area contributed by atoms with Crippen molar-refractivity contribution < 1.29 is 14.3 Å². The van der Waals surface area contributed by atoms with Gasteiger partial charge < -0.3 is 15.0 Å². The maximum atomic E-state index is 13.1. The Hall–Kier alpha value is -2.24. The van der Waals surface area contributed by atoms with Crippen molar-refractivity contribution in [3.63, 3.8) is 0 Å². The third kappa shape index (κ3) is 4.04. The van der Waals surface area contributed by atoms with Gasteiger partial charge in [0, 0.05) is 22.3 Å². The number of rotatable bonds is 4. The molecule has 1 aliphatic heterocycles. The van der Waals surface area contributed by atoms with Gasteiger partial charge in [-0.15, -0.1) is 0 Å². The van der Waals surface area contributed by atoms with Crippen LogP contribution in [0, 0.1) is 6.92 Å². The van der Waals surface area contributed by atoms with Gasteiger partial charge >= 0.3 is 0 Å². The highest BCUT2D eigenvalue weighted by atomic mass is 35.5. The Morgan fingerprint density at radius 3 is 2.74 bits per heavy atom. The molecule has 0 unspecified atom stereocenters. The van der Waals surface area contributed by atoms with Crippen molar-refractivity contribution >= 4 is 40.7 Å². The molecule has 142 valence electrons. The minimum atomic E-state index is -0.556. The fourth-order valence-electron chi connectivity index (χ4n) is 3.24. The molecule has 0 aromatic heterocycles. The largest absolute Gasteiger partial charge is 0.496 e. The fourth-order valence-corrected chi connectivity index (χ4v) is 3.59. The molecule has 1 atom stereocenters. The molecule has 2 aromatic rings. The zero-order valence-corrected chi connectivity index (χ0v) is 16.6. The van der Waals surface area contributed by atoms with Crippen LogP contribution in [-0.4, -0.2) is 36.4 Å². The van der Waals surface area contributed by atoms with E-state index in [1.54, 1.807) is 41.3 Å². The average Bonchev–Trinajstić information content (AvgIpc) is 3.14. The van der Waals surface area contributed by atoms with Crippen LogP contribution in [0.2, 0.25) is 10.0 Å². The van der Waals surface area contributed by atoms with Crippen LogP contribution in [0.4, 0.5) is 5.69 Å². The lowest BCUT2D eigenvalue weighted by molar-refractivity contribution is -0.119. The molecule has 1 fully saturated rings. The van der Waals surface area contributed by atoms with E-state index in [1.807, 2.05) is 6.92 Å². The number of hydrogen-bond donors (Lipinski definition) is 1. The smallest absolute Gasteiger partial charge is 0.258 e. The summed E-state index contributed by atoms with van der Waals surface area (Å²) in [6.45, 7) is 2.34. The predicted octanol–water partition coefficient (Wildman–Crippen LogP) is 4.55. The average molecular weight is 407 g/mol. The normalized spacial score (nSPS) is 16.3. The van der Waals surface area contributed by atoms with E-state index in [0.29, 0.717) is 40.0 Å². The van der Waals surface area contributed by atoms with Gasteiger partial charge in [0.25, 0.3) is 5.91 Å². The van der Waals surface area contributed by atoms with Gasteiger partial charge in [0.05, 0.1) is 12.7 Å². The van der Waals surface area contributed by atoms with Gasteiger partial charge in [-0.3, -0.25) is 9.59 Å². The molecule has 0 spiro atoms. The second kappa shape index (κ2) is 8.19. The Morgan fingerprint density at radius 1 is 1.22 bits per heavy atom. The van der Waals surface area contributed by atoms with Crippen molar-refractivity contribution in [2.75, 3.05) is 19.0 Å². The summed E-state index contributed by atoms with van der Waals surface area (Å²) >= 11 is 12.2. The SMILES string of the molecule is COc1ccc(Cl)cc1C(=O)N1CCC[C@H]1C(=O)Nc1cccc(Cl)c1C. The Bertz CT molecular complexity index is 886. The zero-order chi connectivity index (χ0) is 19.6. The Morgan fingerprint density at radius 2 is 2.00 bits per heavy atom. The first-order chi connectivity index (χ1) is 12.9. The number of carbonyl (C=O) groups is 2. The quantitative estimate of drug-likeness (QED) is 0.809. The van der Waals surface area contributed by atoms with Crippen LogP contribution in [0.25, 0.3) is 0 Å².